The van der Waals surface area contributed by atoms with Crippen LogP contribution in [0.2, 0.25) is 0 Å². The van der Waals surface area contributed by atoms with Crippen molar-refractivity contribution in [1.29, 1.82) is 0 Å². The van der Waals surface area contributed by atoms with E-state index in [0.717, 1.165) is 19.3 Å². The second-order valence-electron chi connectivity index (χ2n) is 7.24. The van der Waals surface area contributed by atoms with E-state index >= 15 is 0 Å². The summed E-state index contributed by atoms with van der Waals surface area (Å²) in [6, 6.07) is 0. The molecule has 156 valence electrons. The zero-order chi connectivity index (χ0) is 20.9. The molecule has 0 aliphatic rings. The topological polar surface area (TPSA) is 124 Å². The number of aliphatic hydroxyl groups excluding tert-OH is 1. The molecule has 2 atom stereocenters. The van der Waals surface area contributed by atoms with Gasteiger partial charge in [0.05, 0.1) is 32.8 Å². The molecule has 0 spiro atoms. The Morgan fingerprint density at radius 3 is 2.04 bits per heavy atom. The molecule has 0 radical (unpaired) electrons. The normalized spacial score (nSPS) is 15.4. The smallest absolute Gasteiger partial charge is 0.311 e. The number of hydrogen-bond donors (Lipinski definition) is 4. The quantitative estimate of drug-likeness (QED) is 0.179. The van der Waals surface area contributed by atoms with Crippen molar-refractivity contribution in [3.05, 3.63) is 12.7 Å². The summed E-state index contributed by atoms with van der Waals surface area (Å²) in [5, 5.41) is 30.8. The molecule has 2 unspecified atom stereocenters. The van der Waals surface area contributed by atoms with Crippen LogP contribution in [0.1, 0.15) is 39.5 Å². The average molecular weight is 387 g/mol. The monoisotopic (exact) mass is 387 g/mol. The number of allylic oxidation sites excluding steroid dienone is 1. The van der Waals surface area contributed by atoms with Crippen molar-refractivity contribution in [3.63, 3.8) is 0 Å². The van der Waals surface area contributed by atoms with Gasteiger partial charge in [-0.25, -0.2) is 0 Å². The fourth-order valence-electron chi connectivity index (χ4n) is 3.18. The van der Waals surface area contributed by atoms with Crippen LogP contribution in [0.25, 0.3) is 0 Å². The van der Waals surface area contributed by atoms with Crippen molar-refractivity contribution in [2.24, 2.45) is 11.8 Å². The number of aliphatic carboxylic acids is 2. The van der Waals surface area contributed by atoms with Crippen LogP contribution in [0.4, 0.5) is 0 Å². The molecule has 0 aliphatic carbocycles. The van der Waals surface area contributed by atoms with Crippen molar-refractivity contribution in [2.75, 3.05) is 39.3 Å². The van der Waals surface area contributed by atoms with Gasteiger partial charge in [-0.2, -0.15) is 0 Å². The summed E-state index contributed by atoms with van der Waals surface area (Å²) in [7, 11) is 0. The number of carboxylic acids is 2. The Balaban J connectivity index is 4.93. The molecule has 0 aromatic heterocycles. The van der Waals surface area contributed by atoms with Crippen LogP contribution >= 0.6 is 0 Å². The third kappa shape index (κ3) is 10.7. The van der Waals surface area contributed by atoms with Crippen LogP contribution in [0.15, 0.2) is 12.7 Å². The molecule has 0 rings (SSSR count). The minimum absolute atomic E-state index is 0.0845. The molecule has 0 heterocycles. The van der Waals surface area contributed by atoms with Gasteiger partial charge < -0.3 is 25.1 Å². The third-order valence-corrected chi connectivity index (χ3v) is 4.71. The van der Waals surface area contributed by atoms with E-state index in [9.17, 15) is 29.7 Å². The number of amides is 1. The first kappa shape index (κ1) is 25.1. The van der Waals surface area contributed by atoms with Gasteiger partial charge in [0.2, 0.25) is 5.91 Å². The van der Waals surface area contributed by atoms with Crippen LogP contribution < -0.4 is 5.32 Å². The fraction of sp³-hybridized carbons (Fsp3) is 0.737. The van der Waals surface area contributed by atoms with Gasteiger partial charge in [-0.1, -0.05) is 6.08 Å². The fourth-order valence-corrected chi connectivity index (χ4v) is 3.18. The highest BCUT2D eigenvalue weighted by atomic mass is 16.4. The maximum atomic E-state index is 11.9. The first-order valence-corrected chi connectivity index (χ1v) is 9.46. The molecule has 0 aromatic carbocycles. The Bertz CT molecular complexity index is 473. The van der Waals surface area contributed by atoms with E-state index in [1.807, 2.05) is 6.08 Å². The summed E-state index contributed by atoms with van der Waals surface area (Å²) < 4.78 is 0.133. The maximum absolute atomic E-state index is 11.9. The average Bonchev–Trinajstić information content (AvgIpc) is 2.58. The summed E-state index contributed by atoms with van der Waals surface area (Å²) >= 11 is 0. The summed E-state index contributed by atoms with van der Waals surface area (Å²) in [5.74, 6) is -3.40. The van der Waals surface area contributed by atoms with E-state index in [2.05, 4.69) is 11.9 Å². The number of aliphatic hydroxyl groups is 1. The molecule has 8 heteroatoms. The highest BCUT2D eigenvalue weighted by Gasteiger charge is 2.35. The predicted octanol–water partition coefficient (Wildman–Crippen LogP) is 1.10. The molecule has 0 fully saturated rings. The largest absolute Gasteiger partial charge is 0.481 e. The van der Waals surface area contributed by atoms with Crippen molar-refractivity contribution in [3.8, 4) is 0 Å². The number of nitrogens with zero attached hydrogens (tertiary/aromatic N) is 1. The minimum atomic E-state index is -0.968. The molecule has 4 N–H and O–H groups in total. The SMILES string of the molecule is C=CCCCCC(=O)NCC[N+](CCO)(CC(C)C(=O)O)CC(C)C(=O)O. The highest BCUT2D eigenvalue weighted by molar-refractivity contribution is 5.75. The summed E-state index contributed by atoms with van der Waals surface area (Å²) in [4.78, 5) is 34.5. The number of nitrogens with one attached hydrogen (secondary N) is 1. The van der Waals surface area contributed by atoms with Gasteiger partial charge in [0.25, 0.3) is 0 Å². The van der Waals surface area contributed by atoms with Crippen molar-refractivity contribution in [2.45, 2.75) is 39.5 Å². The van der Waals surface area contributed by atoms with Gasteiger partial charge in [0.15, 0.2) is 0 Å². The molecule has 0 bridgehead atoms. The van der Waals surface area contributed by atoms with E-state index in [1.165, 1.54) is 0 Å². The number of carboxylic acid groups (broad SMARTS) is 2. The Hall–Kier alpha value is -1.93. The van der Waals surface area contributed by atoms with Gasteiger partial charge in [-0.3, -0.25) is 14.4 Å². The molecule has 0 aliphatic heterocycles. The van der Waals surface area contributed by atoms with E-state index < -0.39 is 23.8 Å². The van der Waals surface area contributed by atoms with Crippen molar-refractivity contribution in [1.82, 2.24) is 5.32 Å². The molecular weight excluding hydrogens is 352 g/mol. The van der Waals surface area contributed by atoms with E-state index in [1.54, 1.807) is 13.8 Å². The highest BCUT2D eigenvalue weighted by Crippen LogP contribution is 2.16. The van der Waals surface area contributed by atoms with Crippen LogP contribution in [0.3, 0.4) is 0 Å². The molecule has 8 nitrogen and oxygen atoms in total. The summed E-state index contributed by atoms with van der Waals surface area (Å²) in [6.07, 6.45) is 4.75. The molecule has 1 amide bonds. The van der Waals surface area contributed by atoms with Gasteiger partial charge >= 0.3 is 11.9 Å². The second kappa shape index (κ2) is 13.3. The standard InChI is InChI=1S/C19H34N2O6/c1-4-5-6-7-8-17(23)20-9-10-21(11-12-22,13-15(2)18(24)25)14-16(3)19(26)27/h4,15-16,22H,1,5-14H2,2-3H3,(H2-,20,23,24,25,26,27)/p+1. The van der Waals surface area contributed by atoms with Crippen LogP contribution in [0, 0.1) is 11.8 Å². The summed E-state index contributed by atoms with van der Waals surface area (Å²) in [5.41, 5.74) is 0. The second-order valence-corrected chi connectivity index (χ2v) is 7.24. The maximum Gasteiger partial charge on any atom is 0.311 e. The van der Waals surface area contributed by atoms with E-state index in [-0.39, 0.29) is 36.6 Å². The third-order valence-electron chi connectivity index (χ3n) is 4.71. The Labute approximate surface area is 161 Å². The van der Waals surface area contributed by atoms with Gasteiger partial charge in [0, 0.05) is 6.42 Å². The predicted molar refractivity (Wildman–Crippen MR) is 102 cm³/mol. The molecule has 0 saturated carbocycles. The minimum Gasteiger partial charge on any atom is -0.481 e. The van der Waals surface area contributed by atoms with Gasteiger partial charge in [0.1, 0.15) is 18.4 Å². The number of carbonyl (C=O) groups excluding carboxylic acids is 1. The number of hydrogen-bond acceptors (Lipinski definition) is 4. The van der Waals surface area contributed by atoms with Crippen LogP contribution in [-0.4, -0.2) is 77.0 Å². The zero-order valence-electron chi connectivity index (χ0n) is 16.5. The van der Waals surface area contributed by atoms with Crippen LogP contribution in [0.5, 0.6) is 0 Å². The van der Waals surface area contributed by atoms with Gasteiger partial charge in [-0.05, 0) is 33.1 Å². The van der Waals surface area contributed by atoms with Crippen molar-refractivity contribution >= 4 is 17.8 Å². The lowest BCUT2D eigenvalue weighted by Crippen LogP contribution is -2.58. The first-order chi connectivity index (χ1) is 12.7. The lowest BCUT2D eigenvalue weighted by molar-refractivity contribution is -0.931. The lowest BCUT2D eigenvalue weighted by atomic mass is 10.1. The van der Waals surface area contributed by atoms with E-state index in [0.29, 0.717) is 19.5 Å². The molecule has 27 heavy (non-hydrogen) atoms. The van der Waals surface area contributed by atoms with Crippen molar-refractivity contribution < 1.29 is 34.2 Å². The Kier molecular flexibility index (Phi) is 12.3. The number of rotatable bonds is 16. The lowest BCUT2D eigenvalue weighted by Gasteiger charge is -2.40. The number of unbranched alkanes of at least 4 members (excludes halogenated alkanes) is 2. The zero-order valence-corrected chi connectivity index (χ0v) is 16.5. The summed E-state index contributed by atoms with van der Waals surface area (Å²) in [6.45, 7) is 7.89. The number of carbonyl (C=O) groups is 3. The Morgan fingerprint density at radius 1 is 1.04 bits per heavy atom. The molecule has 0 aromatic rings. The first-order valence-electron chi connectivity index (χ1n) is 9.46. The molecular formula is C19H35N2O6+. The number of quaternary nitrogens is 1. The molecule has 0 saturated heterocycles. The van der Waals surface area contributed by atoms with Gasteiger partial charge in [-0.15, -0.1) is 6.58 Å². The Morgan fingerprint density at radius 2 is 1.59 bits per heavy atom. The van der Waals surface area contributed by atoms with E-state index in [4.69, 9.17) is 0 Å². The van der Waals surface area contributed by atoms with Crippen LogP contribution in [-0.2, 0) is 14.4 Å².